The van der Waals surface area contributed by atoms with E-state index in [1.54, 1.807) is 11.7 Å². The molecule has 0 fully saturated rings. The van der Waals surface area contributed by atoms with Crippen LogP contribution in [0.1, 0.15) is 17.0 Å². The van der Waals surface area contributed by atoms with Crippen molar-refractivity contribution in [2.24, 2.45) is 14.1 Å². The maximum absolute atomic E-state index is 12.3. The van der Waals surface area contributed by atoms with E-state index in [2.05, 4.69) is 14.8 Å². The molecular formula is C11H18N6O2S. The van der Waals surface area contributed by atoms with Crippen LogP contribution in [-0.4, -0.2) is 27.7 Å². The van der Waals surface area contributed by atoms with Crippen LogP contribution in [0.3, 0.4) is 0 Å². The Morgan fingerprint density at radius 1 is 1.35 bits per heavy atom. The third kappa shape index (κ3) is 2.41. The molecule has 2 aromatic heterocycles. The molecule has 2 aromatic rings. The van der Waals surface area contributed by atoms with Crippen LogP contribution in [-0.2, 0) is 30.7 Å². The fraction of sp³-hybridized carbons (Fsp3) is 0.455. The lowest BCUT2D eigenvalue weighted by Crippen LogP contribution is -2.26. The average molecular weight is 298 g/mol. The maximum atomic E-state index is 12.3. The Balaban J connectivity index is 2.27. The molecule has 2 heterocycles. The van der Waals surface area contributed by atoms with E-state index in [-0.39, 0.29) is 17.4 Å². The van der Waals surface area contributed by atoms with Crippen molar-refractivity contribution in [3.8, 4) is 0 Å². The summed E-state index contributed by atoms with van der Waals surface area (Å²) < 4.78 is 30.1. The first-order chi connectivity index (χ1) is 9.24. The number of hydrogen-bond acceptors (Lipinski definition) is 5. The zero-order chi connectivity index (χ0) is 15.1. The highest BCUT2D eigenvalue weighted by molar-refractivity contribution is 7.89. The van der Waals surface area contributed by atoms with Gasteiger partial charge in [0.15, 0.2) is 10.8 Å². The summed E-state index contributed by atoms with van der Waals surface area (Å²) in [4.78, 5) is 3.78. The predicted molar refractivity (Wildman–Crippen MR) is 74.3 cm³/mol. The van der Waals surface area contributed by atoms with E-state index < -0.39 is 10.0 Å². The van der Waals surface area contributed by atoms with Crippen LogP contribution in [0, 0.1) is 13.8 Å². The molecule has 0 radical (unpaired) electrons. The first-order valence-electron chi connectivity index (χ1n) is 5.99. The number of aryl methyl sites for hydroxylation is 3. The number of imidazole rings is 1. The molecule has 0 unspecified atom stereocenters. The van der Waals surface area contributed by atoms with Crippen molar-refractivity contribution in [1.29, 1.82) is 0 Å². The van der Waals surface area contributed by atoms with E-state index in [0.29, 0.717) is 0 Å². The van der Waals surface area contributed by atoms with Crippen LogP contribution in [0.2, 0.25) is 0 Å². The molecule has 0 aliphatic rings. The smallest absolute Gasteiger partial charge is 0.260 e. The number of nitrogens with two attached hydrogens (primary N) is 1. The second-order valence-corrected chi connectivity index (χ2v) is 6.33. The minimum atomic E-state index is -3.71. The van der Waals surface area contributed by atoms with Crippen molar-refractivity contribution < 1.29 is 8.42 Å². The quantitative estimate of drug-likeness (QED) is 0.815. The summed E-state index contributed by atoms with van der Waals surface area (Å²) in [6.07, 6.45) is 1.37. The maximum Gasteiger partial charge on any atom is 0.260 e. The number of nitrogens with zero attached hydrogens (tertiary/aromatic N) is 4. The lowest BCUT2D eigenvalue weighted by Gasteiger charge is -2.08. The minimum absolute atomic E-state index is 0.0142. The normalized spacial score (nSPS) is 12.0. The van der Waals surface area contributed by atoms with E-state index in [1.807, 2.05) is 20.9 Å². The number of rotatable bonds is 4. The summed E-state index contributed by atoms with van der Waals surface area (Å²) in [6.45, 7) is 3.90. The number of sulfonamides is 1. The third-order valence-electron chi connectivity index (χ3n) is 3.26. The lowest BCUT2D eigenvalue weighted by molar-refractivity contribution is 0.571. The molecule has 110 valence electrons. The van der Waals surface area contributed by atoms with Crippen molar-refractivity contribution in [3.05, 3.63) is 23.3 Å². The number of hydrogen-bond donors (Lipinski definition) is 2. The highest BCUT2D eigenvalue weighted by Gasteiger charge is 2.23. The van der Waals surface area contributed by atoms with Gasteiger partial charge >= 0.3 is 0 Å². The second-order valence-electron chi connectivity index (χ2n) is 4.64. The lowest BCUT2D eigenvalue weighted by atomic mass is 10.2. The van der Waals surface area contributed by atoms with Gasteiger partial charge in [-0.1, -0.05) is 0 Å². The standard InChI is InChI=1S/C11H18N6O2S/c1-7-9(8(2)17(4)15-7)5-14-20(18,19)11-10(12)13-6-16(11)3/h6,14H,5,12H2,1-4H3. The molecule has 0 saturated carbocycles. The zero-order valence-electron chi connectivity index (χ0n) is 11.9. The zero-order valence-corrected chi connectivity index (χ0v) is 12.7. The van der Waals surface area contributed by atoms with Crippen molar-refractivity contribution in [3.63, 3.8) is 0 Å². The third-order valence-corrected chi connectivity index (χ3v) is 4.79. The first kappa shape index (κ1) is 14.5. The van der Waals surface area contributed by atoms with E-state index in [9.17, 15) is 8.42 Å². The molecule has 20 heavy (non-hydrogen) atoms. The van der Waals surface area contributed by atoms with Gasteiger partial charge < -0.3 is 10.3 Å². The van der Waals surface area contributed by atoms with Gasteiger partial charge in [-0.2, -0.15) is 5.10 Å². The van der Waals surface area contributed by atoms with Gasteiger partial charge in [0.2, 0.25) is 0 Å². The average Bonchev–Trinajstić information content (AvgIpc) is 2.79. The van der Waals surface area contributed by atoms with Gasteiger partial charge in [0.25, 0.3) is 10.0 Å². The summed E-state index contributed by atoms with van der Waals surface area (Å²) in [5.41, 5.74) is 8.17. The molecule has 9 heteroatoms. The van der Waals surface area contributed by atoms with Gasteiger partial charge in [0, 0.05) is 31.9 Å². The molecule has 0 aliphatic carbocycles. The summed E-state index contributed by atoms with van der Waals surface area (Å²) in [5.74, 6) is -0.0142. The topological polar surface area (TPSA) is 108 Å². The summed E-state index contributed by atoms with van der Waals surface area (Å²) in [5, 5.41) is 4.22. The molecule has 0 atom stereocenters. The van der Waals surface area contributed by atoms with Crippen LogP contribution in [0.15, 0.2) is 11.4 Å². The van der Waals surface area contributed by atoms with Crippen LogP contribution in [0.5, 0.6) is 0 Å². The molecule has 0 saturated heterocycles. The molecule has 2 rings (SSSR count). The Morgan fingerprint density at radius 3 is 2.45 bits per heavy atom. The Labute approximate surface area is 117 Å². The molecule has 0 spiro atoms. The summed E-state index contributed by atoms with van der Waals surface area (Å²) >= 11 is 0. The highest BCUT2D eigenvalue weighted by Crippen LogP contribution is 2.17. The van der Waals surface area contributed by atoms with Crippen molar-refractivity contribution in [2.45, 2.75) is 25.4 Å². The fourth-order valence-corrected chi connectivity index (χ4v) is 3.30. The van der Waals surface area contributed by atoms with Crippen molar-refractivity contribution in [2.75, 3.05) is 5.73 Å². The van der Waals surface area contributed by atoms with Gasteiger partial charge in [-0.15, -0.1) is 0 Å². The number of aromatic nitrogens is 4. The van der Waals surface area contributed by atoms with Crippen molar-refractivity contribution in [1.82, 2.24) is 24.1 Å². The number of nitrogen functional groups attached to an aromatic ring is 1. The largest absolute Gasteiger partial charge is 0.381 e. The van der Waals surface area contributed by atoms with Crippen LogP contribution < -0.4 is 10.5 Å². The van der Waals surface area contributed by atoms with Gasteiger partial charge in [-0.05, 0) is 13.8 Å². The molecule has 0 aliphatic heterocycles. The SMILES string of the molecule is Cc1nn(C)c(C)c1CNS(=O)(=O)c1c(N)ncn1C. The molecule has 0 amide bonds. The second kappa shape index (κ2) is 4.91. The molecule has 3 N–H and O–H groups in total. The van der Waals surface area contributed by atoms with E-state index in [4.69, 9.17) is 5.73 Å². The van der Waals surface area contributed by atoms with Crippen LogP contribution >= 0.6 is 0 Å². The van der Waals surface area contributed by atoms with E-state index in [1.165, 1.54) is 10.9 Å². The fourth-order valence-electron chi connectivity index (χ4n) is 2.07. The summed E-state index contributed by atoms with van der Waals surface area (Å²) in [6, 6.07) is 0. The Morgan fingerprint density at radius 2 is 2.00 bits per heavy atom. The van der Waals surface area contributed by atoms with Gasteiger partial charge in [-0.25, -0.2) is 18.1 Å². The molecule has 8 nitrogen and oxygen atoms in total. The number of nitrogens with one attached hydrogen (secondary N) is 1. The highest BCUT2D eigenvalue weighted by atomic mass is 32.2. The monoisotopic (exact) mass is 298 g/mol. The van der Waals surface area contributed by atoms with E-state index in [0.717, 1.165) is 17.0 Å². The Hall–Kier alpha value is -1.87. The minimum Gasteiger partial charge on any atom is -0.381 e. The summed E-state index contributed by atoms with van der Waals surface area (Å²) in [7, 11) is -0.312. The molecular weight excluding hydrogens is 280 g/mol. The van der Waals surface area contributed by atoms with Crippen LogP contribution in [0.4, 0.5) is 5.82 Å². The first-order valence-corrected chi connectivity index (χ1v) is 7.48. The van der Waals surface area contributed by atoms with Crippen molar-refractivity contribution >= 4 is 15.8 Å². The molecule has 0 bridgehead atoms. The van der Waals surface area contributed by atoms with Gasteiger partial charge in [-0.3, -0.25) is 4.68 Å². The Kier molecular flexibility index (Phi) is 3.57. The van der Waals surface area contributed by atoms with Gasteiger partial charge in [0.05, 0.1) is 12.0 Å². The molecule has 0 aromatic carbocycles. The van der Waals surface area contributed by atoms with Gasteiger partial charge in [0.1, 0.15) is 0 Å². The number of anilines is 1. The Bertz CT molecular complexity index is 724. The predicted octanol–water partition coefficient (Wildman–Crippen LogP) is -0.169. The van der Waals surface area contributed by atoms with Crippen LogP contribution in [0.25, 0.3) is 0 Å². The van der Waals surface area contributed by atoms with E-state index >= 15 is 0 Å².